The predicted molar refractivity (Wildman–Crippen MR) is 169 cm³/mol. The number of nitrogens with zero attached hydrogens (tertiary/aromatic N) is 2. The van der Waals surface area contributed by atoms with E-state index in [0.717, 1.165) is 38.7 Å². The Kier molecular flexibility index (Phi) is 9.66. The first-order chi connectivity index (χ1) is 21.1. The number of furan rings is 1. The molecule has 3 aromatic carbocycles. The summed E-state index contributed by atoms with van der Waals surface area (Å²) < 4.78 is 25.7. The lowest BCUT2D eigenvalue weighted by Crippen LogP contribution is -2.51. The molecular weight excluding hydrogens is 580 g/mol. The number of ether oxygens (including phenoxy) is 3. The van der Waals surface area contributed by atoms with E-state index in [9.17, 15) is 0 Å². The monoisotopic (exact) mass is 614 g/mol. The summed E-state index contributed by atoms with van der Waals surface area (Å²) >= 11 is 8.24. The zero-order valence-corrected chi connectivity index (χ0v) is 25.8. The van der Waals surface area contributed by atoms with E-state index in [1.54, 1.807) is 6.26 Å². The zero-order valence-electron chi connectivity index (χ0n) is 24.3. The molecule has 0 N–H and O–H groups in total. The number of hydrogen-bond donors (Lipinski definition) is 0. The topological polar surface area (TPSA) is 66.6 Å². The van der Waals surface area contributed by atoms with Gasteiger partial charge < -0.3 is 18.6 Å². The maximum Gasteiger partial charge on any atom is 0.183 e. The summed E-state index contributed by atoms with van der Waals surface area (Å²) in [6, 6.07) is 30.4. The molecule has 0 bridgehead atoms. The zero-order chi connectivity index (χ0) is 29.6. The number of benzene rings is 3. The van der Waals surface area contributed by atoms with Crippen LogP contribution < -0.4 is 0 Å². The number of aromatic nitrogens is 2. The number of hydrogen-bond acceptors (Lipinski definition) is 7. The molecule has 6 rings (SSSR count). The van der Waals surface area contributed by atoms with Crippen LogP contribution >= 0.6 is 22.9 Å². The molecule has 43 heavy (non-hydrogen) atoms. The van der Waals surface area contributed by atoms with Crippen molar-refractivity contribution in [1.82, 2.24) is 10.2 Å². The highest BCUT2D eigenvalue weighted by atomic mass is 35.5. The third-order valence-electron chi connectivity index (χ3n) is 7.96. The molecule has 0 amide bonds. The molecule has 222 valence electrons. The SMILES string of the molecule is CC[C@H]1O[C@@H](c2ccc(Cl)c(Cc3nnc(-c4ccco4)s3)c2)[C@H](OCc2ccccc2)[C@@H](OCc2ccccc2)[C@@H]1C. The molecule has 5 atom stereocenters. The van der Waals surface area contributed by atoms with Crippen LogP contribution in [0.4, 0.5) is 0 Å². The van der Waals surface area contributed by atoms with Gasteiger partial charge in [-0.3, -0.25) is 0 Å². The van der Waals surface area contributed by atoms with Crippen molar-refractivity contribution in [1.29, 1.82) is 0 Å². The van der Waals surface area contributed by atoms with Crippen LogP contribution in [0.2, 0.25) is 5.02 Å². The molecule has 0 saturated carbocycles. The summed E-state index contributed by atoms with van der Waals surface area (Å²) in [6.07, 6.45) is 2.23. The second kappa shape index (κ2) is 14.0. The number of halogens is 1. The molecule has 6 nitrogen and oxygen atoms in total. The van der Waals surface area contributed by atoms with Gasteiger partial charge in [0, 0.05) is 17.4 Å². The van der Waals surface area contributed by atoms with Crippen LogP contribution in [-0.4, -0.2) is 28.5 Å². The van der Waals surface area contributed by atoms with Crippen molar-refractivity contribution < 1.29 is 18.6 Å². The van der Waals surface area contributed by atoms with E-state index in [1.807, 2.05) is 60.7 Å². The predicted octanol–water partition coefficient (Wildman–Crippen LogP) is 8.70. The molecule has 0 spiro atoms. The van der Waals surface area contributed by atoms with Crippen molar-refractivity contribution in [2.24, 2.45) is 5.92 Å². The van der Waals surface area contributed by atoms with Crippen molar-refractivity contribution in [2.75, 3.05) is 0 Å². The molecule has 2 aromatic heterocycles. The summed E-state index contributed by atoms with van der Waals surface area (Å²) in [6.45, 7) is 5.33. The van der Waals surface area contributed by atoms with Crippen molar-refractivity contribution in [2.45, 2.75) is 64.3 Å². The Morgan fingerprint density at radius 2 is 1.53 bits per heavy atom. The third-order valence-corrected chi connectivity index (χ3v) is 9.27. The highest BCUT2D eigenvalue weighted by Gasteiger charge is 2.45. The van der Waals surface area contributed by atoms with E-state index < -0.39 is 0 Å². The first-order valence-corrected chi connectivity index (χ1v) is 15.9. The normalized spacial score (nSPS) is 22.1. The Labute approximate surface area is 261 Å². The standard InChI is InChI=1S/C35H35ClN2O4S/c1-3-29-23(2)32(40-21-24-11-6-4-7-12-24)34(41-22-25-13-8-5-9-14-25)33(42-29)26-16-17-28(36)27(19-26)20-31-37-38-35(43-31)30-15-10-18-39-30/h4-19,23,29,32-34H,3,20-22H2,1-2H3/t23-,29-,32+,33+,34-/m1/s1. The van der Waals surface area contributed by atoms with Crippen LogP contribution in [0.25, 0.3) is 10.8 Å². The van der Waals surface area contributed by atoms with Crippen LogP contribution in [0, 0.1) is 5.92 Å². The summed E-state index contributed by atoms with van der Waals surface area (Å²) in [5.41, 5.74) is 4.20. The van der Waals surface area contributed by atoms with Gasteiger partial charge >= 0.3 is 0 Å². The fraction of sp³-hybridized carbons (Fsp3) is 0.314. The molecule has 0 radical (unpaired) electrons. The van der Waals surface area contributed by atoms with Crippen molar-refractivity contribution >= 4 is 22.9 Å². The summed E-state index contributed by atoms with van der Waals surface area (Å²) in [5.74, 6) is 0.845. The summed E-state index contributed by atoms with van der Waals surface area (Å²) in [4.78, 5) is 0. The van der Waals surface area contributed by atoms with Crippen molar-refractivity contribution in [3.63, 3.8) is 0 Å². The van der Waals surface area contributed by atoms with E-state index >= 15 is 0 Å². The molecule has 1 aliphatic rings. The molecule has 0 aliphatic carbocycles. The first kappa shape index (κ1) is 29.7. The number of rotatable bonds is 11. The van der Waals surface area contributed by atoms with Crippen LogP contribution in [0.3, 0.4) is 0 Å². The van der Waals surface area contributed by atoms with Gasteiger partial charge in [-0.15, -0.1) is 10.2 Å². The van der Waals surface area contributed by atoms with E-state index in [4.69, 9.17) is 30.2 Å². The van der Waals surface area contributed by atoms with E-state index in [1.165, 1.54) is 11.3 Å². The third kappa shape index (κ3) is 7.08. The second-order valence-corrected chi connectivity index (χ2v) is 12.4. The Hall–Kier alpha value is -3.33. The fourth-order valence-electron chi connectivity index (χ4n) is 5.67. The van der Waals surface area contributed by atoms with Gasteiger partial charge in [0.25, 0.3) is 0 Å². The average Bonchev–Trinajstić information content (AvgIpc) is 3.75. The fourth-order valence-corrected chi connectivity index (χ4v) is 6.68. The highest BCUT2D eigenvalue weighted by Crippen LogP contribution is 2.41. The van der Waals surface area contributed by atoms with Crippen molar-refractivity contribution in [3.8, 4) is 10.8 Å². The molecule has 0 unspecified atom stereocenters. The molecule has 1 saturated heterocycles. The van der Waals surface area contributed by atoms with Crippen LogP contribution in [0.1, 0.15) is 53.6 Å². The molecule has 3 heterocycles. The lowest BCUT2D eigenvalue weighted by molar-refractivity contribution is -0.234. The smallest absolute Gasteiger partial charge is 0.183 e. The molecule has 5 aromatic rings. The van der Waals surface area contributed by atoms with Gasteiger partial charge in [-0.25, -0.2) is 0 Å². The van der Waals surface area contributed by atoms with Gasteiger partial charge in [-0.2, -0.15) is 0 Å². The maximum absolute atomic E-state index is 6.83. The maximum atomic E-state index is 6.83. The highest BCUT2D eigenvalue weighted by molar-refractivity contribution is 7.14. The largest absolute Gasteiger partial charge is 0.462 e. The minimum absolute atomic E-state index is 0.0143. The van der Waals surface area contributed by atoms with Crippen LogP contribution in [-0.2, 0) is 33.8 Å². The molecule has 8 heteroatoms. The Bertz CT molecular complexity index is 1580. The minimum atomic E-state index is -0.338. The molecular formula is C35H35ClN2O4S. The Morgan fingerprint density at radius 1 is 0.837 bits per heavy atom. The lowest BCUT2D eigenvalue weighted by Gasteiger charge is -2.46. The molecule has 1 fully saturated rings. The summed E-state index contributed by atoms with van der Waals surface area (Å²) in [7, 11) is 0. The van der Waals surface area contributed by atoms with E-state index in [-0.39, 0.29) is 30.3 Å². The van der Waals surface area contributed by atoms with Gasteiger partial charge in [-0.05, 0) is 46.9 Å². The minimum Gasteiger partial charge on any atom is -0.462 e. The van der Waals surface area contributed by atoms with Crippen LogP contribution in [0.15, 0.2) is 102 Å². The first-order valence-electron chi connectivity index (χ1n) is 14.7. The average molecular weight is 615 g/mol. The van der Waals surface area contributed by atoms with Gasteiger partial charge in [-0.1, -0.05) is 110 Å². The molecule has 1 aliphatic heterocycles. The van der Waals surface area contributed by atoms with Gasteiger partial charge in [0.1, 0.15) is 17.2 Å². The van der Waals surface area contributed by atoms with Crippen molar-refractivity contribution in [3.05, 3.63) is 130 Å². The van der Waals surface area contributed by atoms with Crippen LogP contribution in [0.5, 0.6) is 0 Å². The lowest BCUT2D eigenvalue weighted by atomic mass is 9.84. The van der Waals surface area contributed by atoms with Gasteiger partial charge in [0.15, 0.2) is 10.8 Å². The van der Waals surface area contributed by atoms with E-state index in [0.29, 0.717) is 30.4 Å². The Balaban J connectivity index is 1.30. The van der Waals surface area contributed by atoms with Gasteiger partial charge in [0.2, 0.25) is 0 Å². The summed E-state index contributed by atoms with van der Waals surface area (Å²) in [5, 5.41) is 11.0. The quantitative estimate of drug-likeness (QED) is 0.148. The van der Waals surface area contributed by atoms with E-state index in [2.05, 4.69) is 54.4 Å². The second-order valence-electron chi connectivity index (χ2n) is 10.9. The Morgan fingerprint density at radius 3 is 2.19 bits per heavy atom. The van der Waals surface area contributed by atoms with Gasteiger partial charge in [0.05, 0.1) is 31.7 Å².